The van der Waals surface area contributed by atoms with Gasteiger partial charge >= 0.3 is 0 Å². The molecule has 5 nitrogen and oxygen atoms in total. The lowest BCUT2D eigenvalue weighted by atomic mass is 10.0. The summed E-state index contributed by atoms with van der Waals surface area (Å²) in [5.41, 5.74) is 2.62. The van der Waals surface area contributed by atoms with Crippen molar-refractivity contribution in [2.24, 2.45) is 0 Å². The van der Waals surface area contributed by atoms with Gasteiger partial charge in [0.1, 0.15) is 11.3 Å². The van der Waals surface area contributed by atoms with Gasteiger partial charge in [0.2, 0.25) is 0 Å². The van der Waals surface area contributed by atoms with Crippen molar-refractivity contribution in [1.29, 1.82) is 0 Å². The van der Waals surface area contributed by atoms with Crippen LogP contribution in [0.15, 0.2) is 29.1 Å². The number of hydrogen-bond acceptors (Lipinski definition) is 3. The second-order valence-corrected chi connectivity index (χ2v) is 6.33. The third kappa shape index (κ3) is 3.04. The van der Waals surface area contributed by atoms with Crippen LogP contribution in [0.25, 0.3) is 0 Å². The number of pyridine rings is 1. The molecule has 0 saturated carbocycles. The van der Waals surface area contributed by atoms with Gasteiger partial charge in [-0.25, -0.2) is 0 Å². The van der Waals surface area contributed by atoms with Crippen LogP contribution in [0.1, 0.15) is 34.5 Å². The highest BCUT2D eigenvalue weighted by Gasteiger charge is 2.24. The maximum atomic E-state index is 12.9. The number of halogens is 1. The van der Waals surface area contributed by atoms with Gasteiger partial charge in [-0.3, -0.25) is 9.59 Å². The third-order valence-corrected chi connectivity index (χ3v) is 4.55. The molecule has 0 saturated heterocycles. The van der Waals surface area contributed by atoms with E-state index in [2.05, 4.69) is 5.32 Å². The Labute approximate surface area is 145 Å². The monoisotopic (exact) mass is 346 g/mol. The second-order valence-electron chi connectivity index (χ2n) is 5.89. The number of nitrogens with one attached hydrogen (secondary N) is 1. The number of aromatic nitrogens is 1. The molecule has 3 rings (SSSR count). The Hall–Kier alpha value is -2.27. The highest BCUT2D eigenvalue weighted by Crippen LogP contribution is 2.27. The van der Waals surface area contributed by atoms with Crippen molar-refractivity contribution in [2.45, 2.75) is 32.7 Å². The van der Waals surface area contributed by atoms with Crippen molar-refractivity contribution >= 4 is 23.2 Å². The van der Waals surface area contributed by atoms with Gasteiger partial charge in [0, 0.05) is 29.0 Å². The second kappa shape index (κ2) is 6.69. The lowest BCUT2D eigenvalue weighted by Crippen LogP contribution is -2.30. The summed E-state index contributed by atoms with van der Waals surface area (Å²) in [6, 6.07) is 6.67. The average Bonchev–Trinajstić information content (AvgIpc) is 2.57. The number of ether oxygens (including phenoxy) is 1. The number of hydrogen-bond donors (Lipinski definition) is 1. The van der Waals surface area contributed by atoms with Crippen LogP contribution < -0.4 is 15.6 Å². The molecule has 0 bridgehead atoms. The molecule has 1 aromatic heterocycles. The first-order valence-corrected chi connectivity index (χ1v) is 8.27. The van der Waals surface area contributed by atoms with E-state index in [1.165, 1.54) is 13.2 Å². The molecule has 6 heteroatoms. The number of fused-ring (bicyclic) bond motifs is 1. The van der Waals surface area contributed by atoms with Gasteiger partial charge in [-0.05, 0) is 49.9 Å². The molecule has 0 unspecified atom stereocenters. The maximum absolute atomic E-state index is 12.9. The molecule has 0 spiro atoms. The van der Waals surface area contributed by atoms with Crippen LogP contribution in [0.3, 0.4) is 0 Å². The van der Waals surface area contributed by atoms with Crippen molar-refractivity contribution in [2.75, 3.05) is 12.4 Å². The molecule has 126 valence electrons. The predicted molar refractivity (Wildman–Crippen MR) is 94.3 cm³/mol. The SMILES string of the molecule is COc1cc(=O)n2c(c1C(=O)Nc1ccc(Cl)cc1C)CCCC2. The molecule has 2 aromatic rings. The van der Waals surface area contributed by atoms with Crippen LogP contribution >= 0.6 is 11.6 Å². The molecule has 1 N–H and O–H groups in total. The first-order valence-electron chi connectivity index (χ1n) is 7.89. The standard InChI is InChI=1S/C18H19ClN2O3/c1-11-9-12(19)6-7-13(11)20-18(23)17-14-5-3-4-8-21(14)16(22)10-15(17)24-2/h6-7,9-10H,3-5,8H2,1-2H3,(H,20,23). The van der Waals surface area contributed by atoms with Crippen LogP contribution in [0.4, 0.5) is 5.69 Å². The summed E-state index contributed by atoms with van der Waals surface area (Å²) >= 11 is 5.96. The Morgan fingerprint density at radius 3 is 2.79 bits per heavy atom. The summed E-state index contributed by atoms with van der Waals surface area (Å²) < 4.78 is 6.98. The van der Waals surface area contributed by atoms with Gasteiger partial charge in [-0.2, -0.15) is 0 Å². The number of anilines is 1. The molecule has 2 heterocycles. The number of methoxy groups -OCH3 is 1. The fraction of sp³-hybridized carbons (Fsp3) is 0.333. The van der Waals surface area contributed by atoms with E-state index in [1.54, 1.807) is 22.8 Å². The predicted octanol–water partition coefficient (Wildman–Crippen LogP) is 3.41. The molecule has 1 aromatic carbocycles. The fourth-order valence-corrected chi connectivity index (χ4v) is 3.32. The van der Waals surface area contributed by atoms with Crippen LogP contribution in [-0.2, 0) is 13.0 Å². The first-order chi connectivity index (χ1) is 11.5. The Kier molecular flexibility index (Phi) is 4.62. The first kappa shape index (κ1) is 16.6. The maximum Gasteiger partial charge on any atom is 0.261 e. The zero-order valence-corrected chi connectivity index (χ0v) is 14.4. The van der Waals surface area contributed by atoms with E-state index in [9.17, 15) is 9.59 Å². The van der Waals surface area contributed by atoms with E-state index in [-0.39, 0.29) is 11.5 Å². The van der Waals surface area contributed by atoms with E-state index in [4.69, 9.17) is 16.3 Å². The van der Waals surface area contributed by atoms with Gasteiger partial charge < -0.3 is 14.6 Å². The summed E-state index contributed by atoms with van der Waals surface area (Å²) in [5, 5.41) is 3.52. The van der Waals surface area contributed by atoms with E-state index >= 15 is 0 Å². The van der Waals surface area contributed by atoms with Crippen molar-refractivity contribution in [3.63, 3.8) is 0 Å². The molecule has 1 amide bonds. The number of nitrogens with zero attached hydrogens (tertiary/aromatic N) is 1. The van der Waals surface area contributed by atoms with E-state index in [1.807, 2.05) is 6.92 Å². The summed E-state index contributed by atoms with van der Waals surface area (Å²) in [7, 11) is 1.47. The normalized spacial score (nSPS) is 13.3. The largest absolute Gasteiger partial charge is 0.496 e. The van der Waals surface area contributed by atoms with Crippen molar-refractivity contribution in [1.82, 2.24) is 4.57 Å². The van der Waals surface area contributed by atoms with Crippen LogP contribution in [-0.4, -0.2) is 17.6 Å². The minimum Gasteiger partial charge on any atom is -0.496 e. The lowest BCUT2D eigenvalue weighted by Gasteiger charge is -2.23. The number of carbonyl (C=O) groups excluding carboxylic acids is 1. The van der Waals surface area contributed by atoms with Crippen molar-refractivity contribution < 1.29 is 9.53 Å². The minimum atomic E-state index is -0.275. The molecular formula is C18H19ClN2O3. The number of rotatable bonds is 3. The highest BCUT2D eigenvalue weighted by molar-refractivity contribution is 6.30. The molecule has 24 heavy (non-hydrogen) atoms. The van der Waals surface area contributed by atoms with Gasteiger partial charge in [0.05, 0.1) is 7.11 Å². The van der Waals surface area contributed by atoms with Gasteiger partial charge in [0.15, 0.2) is 0 Å². The summed E-state index contributed by atoms with van der Waals surface area (Å²) in [6.45, 7) is 2.52. The molecule has 1 aliphatic rings. The topological polar surface area (TPSA) is 60.3 Å². The molecular weight excluding hydrogens is 328 g/mol. The van der Waals surface area contributed by atoms with Crippen LogP contribution in [0, 0.1) is 6.92 Å². The summed E-state index contributed by atoms with van der Waals surface area (Å²) in [6.07, 6.45) is 2.58. The molecule has 0 radical (unpaired) electrons. The van der Waals surface area contributed by atoms with Gasteiger partial charge in [-0.1, -0.05) is 11.6 Å². The number of benzene rings is 1. The van der Waals surface area contributed by atoms with Gasteiger partial charge in [0.25, 0.3) is 11.5 Å². The van der Waals surface area contributed by atoms with E-state index in [0.717, 1.165) is 24.1 Å². The third-order valence-electron chi connectivity index (χ3n) is 4.31. The van der Waals surface area contributed by atoms with Gasteiger partial charge in [-0.15, -0.1) is 0 Å². The van der Waals surface area contributed by atoms with Crippen LogP contribution in [0.5, 0.6) is 5.75 Å². The van der Waals surface area contributed by atoms with Crippen LogP contribution in [0.2, 0.25) is 5.02 Å². The van der Waals surface area contributed by atoms with E-state index < -0.39 is 0 Å². The molecule has 1 aliphatic heterocycles. The number of carbonyl (C=O) groups is 1. The smallest absolute Gasteiger partial charge is 0.261 e. The lowest BCUT2D eigenvalue weighted by molar-refractivity contribution is 0.102. The zero-order chi connectivity index (χ0) is 17.3. The zero-order valence-electron chi connectivity index (χ0n) is 13.7. The quantitative estimate of drug-likeness (QED) is 0.926. The highest BCUT2D eigenvalue weighted by atomic mass is 35.5. The van der Waals surface area contributed by atoms with E-state index in [0.29, 0.717) is 35.0 Å². The molecule has 0 atom stereocenters. The average molecular weight is 347 g/mol. The minimum absolute atomic E-state index is 0.124. The molecule has 0 aliphatic carbocycles. The Bertz CT molecular complexity index is 858. The fourth-order valence-electron chi connectivity index (χ4n) is 3.10. The summed E-state index contributed by atoms with van der Waals surface area (Å²) in [5.74, 6) is 0.0418. The van der Waals surface area contributed by atoms with Crippen molar-refractivity contribution in [3.8, 4) is 5.75 Å². The number of amides is 1. The Morgan fingerprint density at radius 1 is 1.29 bits per heavy atom. The number of aryl methyl sites for hydroxylation is 1. The Morgan fingerprint density at radius 2 is 2.08 bits per heavy atom. The summed E-state index contributed by atoms with van der Waals surface area (Å²) in [4.78, 5) is 25.1. The van der Waals surface area contributed by atoms with Crippen molar-refractivity contribution in [3.05, 3.63) is 56.5 Å². The molecule has 0 fully saturated rings. The Balaban J connectivity index is 2.04.